The van der Waals surface area contributed by atoms with Crippen LogP contribution in [0.5, 0.6) is 0 Å². The molecule has 0 aliphatic carbocycles. The van der Waals surface area contributed by atoms with Crippen molar-refractivity contribution in [3.63, 3.8) is 0 Å². The average molecular weight is 411 g/mol. The van der Waals surface area contributed by atoms with Crippen molar-refractivity contribution < 1.29 is 29.0 Å². The summed E-state index contributed by atoms with van der Waals surface area (Å²) >= 11 is 0. The van der Waals surface area contributed by atoms with E-state index in [4.69, 9.17) is 9.47 Å². The van der Waals surface area contributed by atoms with Crippen LogP contribution in [0, 0.1) is 5.92 Å². The second-order valence-electron chi connectivity index (χ2n) is 7.51. The zero-order valence-corrected chi connectivity index (χ0v) is 17.0. The number of hydrogen-bond acceptors (Lipinski definition) is 6. The van der Waals surface area contributed by atoms with Gasteiger partial charge in [-0.25, -0.2) is 14.5 Å². The summed E-state index contributed by atoms with van der Waals surface area (Å²) in [6, 6.07) is 17.9. The number of methoxy groups -OCH3 is 1. The minimum atomic E-state index is -2.12. The Bertz CT molecular complexity index is 896. The van der Waals surface area contributed by atoms with Crippen LogP contribution in [0.25, 0.3) is 0 Å². The maximum absolute atomic E-state index is 13.5. The molecule has 30 heavy (non-hydrogen) atoms. The van der Waals surface area contributed by atoms with Gasteiger partial charge in [-0.15, -0.1) is 0 Å². The molecule has 0 radical (unpaired) electrons. The molecule has 3 rings (SSSR count). The first-order valence-corrected chi connectivity index (χ1v) is 9.73. The highest BCUT2D eigenvalue weighted by molar-refractivity contribution is 5.98. The number of rotatable bonds is 7. The largest absolute Gasteiger partial charge is 0.467 e. The van der Waals surface area contributed by atoms with E-state index in [1.54, 1.807) is 24.3 Å². The molecule has 1 saturated heterocycles. The Morgan fingerprint density at radius 3 is 2.27 bits per heavy atom. The molecule has 0 aromatic heterocycles. The van der Waals surface area contributed by atoms with E-state index in [0.717, 1.165) is 23.1 Å². The van der Waals surface area contributed by atoms with Crippen molar-refractivity contribution in [1.29, 1.82) is 0 Å². The Hall–Kier alpha value is -3.19. The molecule has 158 valence electrons. The zero-order valence-electron chi connectivity index (χ0n) is 17.0. The summed E-state index contributed by atoms with van der Waals surface area (Å²) in [6.45, 7) is 1.29. The maximum Gasteiger partial charge on any atom is 0.416 e. The molecule has 2 aromatic rings. The van der Waals surface area contributed by atoms with E-state index < -0.39 is 35.5 Å². The Morgan fingerprint density at radius 1 is 1.13 bits per heavy atom. The van der Waals surface area contributed by atoms with Crippen LogP contribution in [0.1, 0.15) is 18.1 Å². The molecule has 2 amide bonds. The second-order valence-corrected chi connectivity index (χ2v) is 7.51. The number of benzene rings is 2. The summed E-state index contributed by atoms with van der Waals surface area (Å²) in [7, 11) is 1.14. The Balaban J connectivity index is 1.91. The van der Waals surface area contributed by atoms with Gasteiger partial charge in [0.2, 0.25) is 5.91 Å². The van der Waals surface area contributed by atoms with Crippen molar-refractivity contribution in [2.24, 2.45) is 5.92 Å². The van der Waals surface area contributed by atoms with Gasteiger partial charge in [0.15, 0.2) is 5.60 Å². The third-order valence-electron chi connectivity index (χ3n) is 5.37. The highest BCUT2D eigenvalue weighted by Crippen LogP contribution is 2.29. The van der Waals surface area contributed by atoms with Gasteiger partial charge < -0.3 is 14.6 Å². The minimum Gasteiger partial charge on any atom is -0.467 e. The minimum absolute atomic E-state index is 0.0535. The quantitative estimate of drug-likeness (QED) is 0.703. The number of carbonyl (C=O) groups is 3. The molecule has 7 nitrogen and oxygen atoms in total. The van der Waals surface area contributed by atoms with Gasteiger partial charge in [-0.05, 0) is 30.9 Å². The molecule has 2 aromatic carbocycles. The number of ether oxygens (including phenoxy) is 2. The molecule has 1 N–H and O–H groups in total. The average Bonchev–Trinajstić information content (AvgIpc) is 3.12. The normalized spacial score (nSPS) is 19.0. The highest BCUT2D eigenvalue weighted by atomic mass is 16.6. The standard InChI is InChI=1S/C23H25NO6/c1-23(28,21(26)29-2)19(14-17-11-7-4-8-12-17)20(25)24-18(15-30-22(24)27)13-16-9-5-3-6-10-16/h3-12,18-19,28H,13-15H2,1-2H3/t18-,19-,23-/m0/s1. The van der Waals surface area contributed by atoms with Gasteiger partial charge in [-0.1, -0.05) is 60.7 Å². The first-order valence-electron chi connectivity index (χ1n) is 9.73. The summed E-state index contributed by atoms with van der Waals surface area (Å²) in [5, 5.41) is 10.9. The van der Waals surface area contributed by atoms with Gasteiger partial charge in [0, 0.05) is 0 Å². The van der Waals surface area contributed by atoms with Gasteiger partial charge in [-0.2, -0.15) is 0 Å². The third-order valence-corrected chi connectivity index (χ3v) is 5.37. The van der Waals surface area contributed by atoms with E-state index in [2.05, 4.69) is 0 Å². The number of cyclic esters (lactones) is 1. The molecule has 0 unspecified atom stereocenters. The predicted molar refractivity (Wildman–Crippen MR) is 108 cm³/mol. The lowest BCUT2D eigenvalue weighted by molar-refractivity contribution is -0.171. The molecule has 1 fully saturated rings. The van der Waals surface area contributed by atoms with Crippen LogP contribution in [0.2, 0.25) is 0 Å². The Labute approximate surface area is 175 Å². The number of nitrogens with zero attached hydrogens (tertiary/aromatic N) is 1. The fraction of sp³-hybridized carbons (Fsp3) is 0.348. The van der Waals surface area contributed by atoms with E-state index in [1.165, 1.54) is 6.92 Å². The van der Waals surface area contributed by atoms with Crippen LogP contribution in [-0.4, -0.2) is 53.3 Å². The lowest BCUT2D eigenvalue weighted by Gasteiger charge is -2.32. The molecule has 0 saturated carbocycles. The van der Waals surface area contributed by atoms with Crippen LogP contribution in [0.15, 0.2) is 60.7 Å². The van der Waals surface area contributed by atoms with Gasteiger partial charge in [0.05, 0.1) is 19.1 Å². The smallest absolute Gasteiger partial charge is 0.416 e. The predicted octanol–water partition coefficient (Wildman–Crippen LogP) is 2.36. The van der Waals surface area contributed by atoms with Crippen molar-refractivity contribution >= 4 is 18.0 Å². The lowest BCUT2D eigenvalue weighted by atomic mass is 9.82. The summed E-state index contributed by atoms with van der Waals surface area (Å²) in [4.78, 5) is 39.2. The molecule has 0 spiro atoms. The molecule has 3 atom stereocenters. The zero-order chi connectivity index (χ0) is 21.7. The number of amides is 2. The fourth-order valence-electron chi connectivity index (χ4n) is 3.66. The van der Waals surface area contributed by atoms with Crippen molar-refractivity contribution in [3.05, 3.63) is 71.8 Å². The van der Waals surface area contributed by atoms with Crippen LogP contribution >= 0.6 is 0 Å². The van der Waals surface area contributed by atoms with Crippen molar-refractivity contribution in [2.45, 2.75) is 31.4 Å². The fourth-order valence-corrected chi connectivity index (χ4v) is 3.66. The third kappa shape index (κ3) is 4.52. The van der Waals surface area contributed by atoms with Crippen molar-refractivity contribution in [3.8, 4) is 0 Å². The number of esters is 1. The van der Waals surface area contributed by atoms with E-state index in [9.17, 15) is 19.5 Å². The molecule has 1 aliphatic rings. The first kappa shape index (κ1) is 21.5. The van der Waals surface area contributed by atoms with E-state index in [-0.39, 0.29) is 13.0 Å². The van der Waals surface area contributed by atoms with E-state index in [0.29, 0.717) is 6.42 Å². The van der Waals surface area contributed by atoms with E-state index >= 15 is 0 Å². The van der Waals surface area contributed by atoms with Gasteiger partial charge in [-0.3, -0.25) is 4.79 Å². The van der Waals surface area contributed by atoms with Crippen LogP contribution in [0.3, 0.4) is 0 Å². The molecular formula is C23H25NO6. The van der Waals surface area contributed by atoms with Crippen LogP contribution in [0.4, 0.5) is 4.79 Å². The first-order chi connectivity index (χ1) is 14.3. The molecule has 1 aliphatic heterocycles. The van der Waals surface area contributed by atoms with Crippen LogP contribution < -0.4 is 0 Å². The summed E-state index contributed by atoms with van der Waals surface area (Å²) in [5.74, 6) is -2.84. The lowest BCUT2D eigenvalue weighted by Crippen LogP contribution is -2.54. The van der Waals surface area contributed by atoms with Gasteiger partial charge in [0.1, 0.15) is 6.61 Å². The molecule has 7 heteroatoms. The molecule has 0 bridgehead atoms. The Morgan fingerprint density at radius 2 is 1.70 bits per heavy atom. The monoisotopic (exact) mass is 411 g/mol. The summed E-state index contributed by atoms with van der Waals surface area (Å²) in [5.41, 5.74) is -0.438. The highest BCUT2D eigenvalue weighted by Gasteiger charge is 2.50. The van der Waals surface area contributed by atoms with Gasteiger partial charge in [0.25, 0.3) is 0 Å². The topological polar surface area (TPSA) is 93.1 Å². The number of aliphatic hydroxyl groups is 1. The number of hydrogen-bond donors (Lipinski definition) is 1. The van der Waals surface area contributed by atoms with Gasteiger partial charge >= 0.3 is 12.1 Å². The number of carbonyl (C=O) groups excluding carboxylic acids is 3. The van der Waals surface area contributed by atoms with Crippen molar-refractivity contribution in [1.82, 2.24) is 4.90 Å². The van der Waals surface area contributed by atoms with E-state index in [1.807, 2.05) is 36.4 Å². The van der Waals surface area contributed by atoms with Crippen molar-refractivity contribution in [2.75, 3.05) is 13.7 Å². The number of imide groups is 1. The maximum atomic E-state index is 13.5. The summed E-state index contributed by atoms with van der Waals surface area (Å²) < 4.78 is 9.86. The summed E-state index contributed by atoms with van der Waals surface area (Å²) in [6.07, 6.45) is -0.306. The molecular weight excluding hydrogens is 386 g/mol. The molecule has 1 heterocycles. The van der Waals surface area contributed by atoms with Crippen LogP contribution in [-0.2, 0) is 31.9 Å². The second kappa shape index (κ2) is 9.09. The Kier molecular flexibility index (Phi) is 6.52. The SMILES string of the molecule is COC(=O)[C@@](C)(O)[C@@H](Cc1ccccc1)C(=O)N1C(=O)OC[C@@H]1Cc1ccccc1.